The number of imidazole rings is 1. The molecule has 0 aliphatic heterocycles. The number of rotatable bonds is 4. The van der Waals surface area contributed by atoms with Crippen LogP contribution in [0.25, 0.3) is 11.2 Å². The SMILES string of the molecule is CCn1nc(C)c2[nH]c(=S)n(CCc3ccccc3C)c21. The van der Waals surface area contributed by atoms with Crippen LogP contribution in [-0.4, -0.2) is 19.3 Å². The predicted octanol–water partition coefficient (Wildman–Crippen LogP) is 3.77. The topological polar surface area (TPSA) is 38.5 Å². The molecular weight excluding hydrogens is 280 g/mol. The van der Waals surface area contributed by atoms with Gasteiger partial charge in [-0.15, -0.1) is 0 Å². The van der Waals surface area contributed by atoms with Gasteiger partial charge in [-0.1, -0.05) is 24.3 Å². The van der Waals surface area contributed by atoms with Crippen LogP contribution in [0.2, 0.25) is 0 Å². The van der Waals surface area contributed by atoms with Gasteiger partial charge in [0.05, 0.1) is 5.69 Å². The van der Waals surface area contributed by atoms with Crippen LogP contribution in [0.3, 0.4) is 0 Å². The molecule has 21 heavy (non-hydrogen) atoms. The van der Waals surface area contributed by atoms with Crippen molar-refractivity contribution in [2.24, 2.45) is 0 Å². The summed E-state index contributed by atoms with van der Waals surface area (Å²) in [7, 11) is 0. The van der Waals surface area contributed by atoms with Gasteiger partial charge in [0.15, 0.2) is 10.4 Å². The number of nitrogens with zero attached hydrogens (tertiary/aromatic N) is 3. The van der Waals surface area contributed by atoms with Gasteiger partial charge in [-0.05, 0) is 50.5 Å². The summed E-state index contributed by atoms with van der Waals surface area (Å²) in [5.74, 6) is 0. The molecule has 0 bridgehead atoms. The van der Waals surface area contributed by atoms with E-state index in [9.17, 15) is 0 Å². The Bertz CT molecular complexity index is 838. The van der Waals surface area contributed by atoms with Crippen LogP contribution in [0.1, 0.15) is 23.7 Å². The summed E-state index contributed by atoms with van der Waals surface area (Å²) in [6, 6.07) is 8.51. The number of nitrogens with one attached hydrogen (secondary N) is 1. The van der Waals surface area contributed by atoms with Gasteiger partial charge in [-0.25, -0.2) is 4.68 Å². The summed E-state index contributed by atoms with van der Waals surface area (Å²) in [5, 5.41) is 4.56. The van der Waals surface area contributed by atoms with Gasteiger partial charge < -0.3 is 9.55 Å². The van der Waals surface area contributed by atoms with E-state index in [4.69, 9.17) is 12.2 Å². The largest absolute Gasteiger partial charge is 0.328 e. The highest BCUT2D eigenvalue weighted by atomic mass is 32.1. The van der Waals surface area contributed by atoms with E-state index in [1.54, 1.807) is 0 Å². The Kier molecular flexibility index (Phi) is 3.68. The van der Waals surface area contributed by atoms with Crippen molar-refractivity contribution in [1.29, 1.82) is 0 Å². The van der Waals surface area contributed by atoms with Gasteiger partial charge in [0.1, 0.15) is 5.52 Å². The molecule has 0 unspecified atom stereocenters. The predicted molar refractivity (Wildman–Crippen MR) is 88.2 cm³/mol. The van der Waals surface area contributed by atoms with Crippen molar-refractivity contribution >= 4 is 23.4 Å². The van der Waals surface area contributed by atoms with Crippen molar-refractivity contribution in [3.05, 3.63) is 45.9 Å². The lowest BCUT2D eigenvalue weighted by Crippen LogP contribution is -2.07. The lowest BCUT2D eigenvalue weighted by Gasteiger charge is -2.08. The van der Waals surface area contributed by atoms with Gasteiger partial charge in [-0.3, -0.25) is 0 Å². The van der Waals surface area contributed by atoms with Crippen LogP contribution >= 0.6 is 12.2 Å². The quantitative estimate of drug-likeness (QED) is 0.745. The van der Waals surface area contributed by atoms with Crippen LogP contribution in [0.4, 0.5) is 0 Å². The number of hydrogen-bond donors (Lipinski definition) is 1. The second-order valence-corrected chi connectivity index (χ2v) is 5.74. The van der Waals surface area contributed by atoms with Gasteiger partial charge >= 0.3 is 0 Å². The molecule has 0 amide bonds. The number of fused-ring (bicyclic) bond motifs is 1. The average Bonchev–Trinajstić information content (AvgIpc) is 2.95. The lowest BCUT2D eigenvalue weighted by atomic mass is 10.1. The monoisotopic (exact) mass is 300 g/mol. The zero-order valence-electron chi connectivity index (χ0n) is 12.7. The van der Waals surface area contributed by atoms with Gasteiger partial charge in [0.2, 0.25) is 0 Å². The Morgan fingerprint density at radius 2 is 2.00 bits per heavy atom. The molecular formula is C16H20N4S. The van der Waals surface area contributed by atoms with Crippen LogP contribution in [0, 0.1) is 18.6 Å². The first kappa shape index (κ1) is 14.1. The second-order valence-electron chi connectivity index (χ2n) is 5.36. The summed E-state index contributed by atoms with van der Waals surface area (Å²) in [5.41, 5.74) is 5.87. The number of aromatic amines is 1. The molecule has 0 spiro atoms. The Morgan fingerprint density at radius 3 is 2.71 bits per heavy atom. The molecule has 0 radical (unpaired) electrons. The summed E-state index contributed by atoms with van der Waals surface area (Å²) in [4.78, 5) is 3.30. The Labute approximate surface area is 129 Å². The normalized spacial score (nSPS) is 11.4. The molecule has 2 aromatic heterocycles. The molecule has 0 saturated heterocycles. The molecule has 1 aromatic carbocycles. The highest BCUT2D eigenvalue weighted by molar-refractivity contribution is 7.71. The smallest absolute Gasteiger partial charge is 0.179 e. The number of benzene rings is 1. The number of aromatic nitrogens is 4. The highest BCUT2D eigenvalue weighted by Gasteiger charge is 2.13. The van der Waals surface area contributed by atoms with E-state index >= 15 is 0 Å². The van der Waals surface area contributed by atoms with Crippen LogP contribution in [0.5, 0.6) is 0 Å². The molecule has 0 aliphatic carbocycles. The fourth-order valence-corrected chi connectivity index (χ4v) is 3.09. The maximum absolute atomic E-state index is 5.49. The third-order valence-electron chi connectivity index (χ3n) is 4.00. The molecule has 110 valence electrons. The van der Waals surface area contributed by atoms with Crippen molar-refractivity contribution in [1.82, 2.24) is 19.3 Å². The van der Waals surface area contributed by atoms with E-state index in [1.165, 1.54) is 11.1 Å². The molecule has 2 heterocycles. The Hall–Kier alpha value is -1.88. The van der Waals surface area contributed by atoms with Gasteiger partial charge in [0, 0.05) is 13.1 Å². The standard InChI is InChI=1S/C16H20N4S/c1-4-20-15-14(12(3)18-20)17-16(21)19(15)10-9-13-8-6-5-7-11(13)2/h5-8H,4,9-10H2,1-3H3,(H,17,21). The summed E-state index contributed by atoms with van der Waals surface area (Å²) >= 11 is 5.49. The minimum absolute atomic E-state index is 0.779. The van der Waals surface area contributed by atoms with Crippen molar-refractivity contribution in [3.8, 4) is 0 Å². The van der Waals surface area contributed by atoms with E-state index in [0.717, 1.165) is 41.1 Å². The minimum atomic E-state index is 0.779. The fraction of sp³-hybridized carbons (Fsp3) is 0.375. The maximum atomic E-state index is 5.49. The zero-order valence-corrected chi connectivity index (χ0v) is 13.5. The van der Waals surface area contributed by atoms with E-state index in [0.29, 0.717) is 0 Å². The number of hydrogen-bond acceptors (Lipinski definition) is 2. The Morgan fingerprint density at radius 1 is 1.24 bits per heavy atom. The summed E-state index contributed by atoms with van der Waals surface area (Å²) < 4.78 is 4.97. The van der Waals surface area contributed by atoms with Gasteiger partial charge in [-0.2, -0.15) is 5.10 Å². The highest BCUT2D eigenvalue weighted by Crippen LogP contribution is 2.19. The molecule has 0 fully saturated rings. The molecule has 0 aliphatic rings. The van der Waals surface area contributed by atoms with Gasteiger partial charge in [0.25, 0.3) is 0 Å². The molecule has 3 rings (SSSR count). The third kappa shape index (κ3) is 2.42. The van der Waals surface area contributed by atoms with Crippen molar-refractivity contribution < 1.29 is 0 Å². The summed E-state index contributed by atoms with van der Waals surface area (Å²) in [6.07, 6.45) is 0.974. The first-order chi connectivity index (χ1) is 10.1. The van der Waals surface area contributed by atoms with Crippen molar-refractivity contribution in [2.75, 3.05) is 0 Å². The molecule has 5 heteroatoms. The van der Waals surface area contributed by atoms with Crippen LogP contribution in [-0.2, 0) is 19.5 Å². The van der Waals surface area contributed by atoms with Crippen LogP contribution < -0.4 is 0 Å². The molecule has 3 aromatic rings. The minimum Gasteiger partial charge on any atom is -0.328 e. The van der Waals surface area contributed by atoms with Crippen LogP contribution in [0.15, 0.2) is 24.3 Å². The van der Waals surface area contributed by atoms with E-state index < -0.39 is 0 Å². The van der Waals surface area contributed by atoms with Crippen molar-refractivity contribution in [2.45, 2.75) is 40.3 Å². The molecule has 1 N–H and O–H groups in total. The average molecular weight is 300 g/mol. The molecule has 0 atom stereocenters. The summed E-state index contributed by atoms with van der Waals surface area (Å²) in [6.45, 7) is 8.00. The molecule has 4 nitrogen and oxygen atoms in total. The maximum Gasteiger partial charge on any atom is 0.179 e. The molecule has 0 saturated carbocycles. The third-order valence-corrected chi connectivity index (χ3v) is 4.32. The van der Waals surface area contributed by atoms with Crippen molar-refractivity contribution in [3.63, 3.8) is 0 Å². The first-order valence-corrected chi connectivity index (χ1v) is 7.73. The Balaban J connectivity index is 1.99. The second kappa shape index (κ2) is 5.48. The number of H-pyrrole nitrogens is 1. The fourth-order valence-electron chi connectivity index (χ4n) is 2.81. The number of aryl methyl sites for hydroxylation is 5. The van der Waals surface area contributed by atoms with E-state index in [1.807, 2.05) is 11.6 Å². The first-order valence-electron chi connectivity index (χ1n) is 7.32. The lowest BCUT2D eigenvalue weighted by molar-refractivity contribution is 0.622. The zero-order chi connectivity index (χ0) is 15.0. The van der Waals surface area contributed by atoms with E-state index in [-0.39, 0.29) is 0 Å². The van der Waals surface area contributed by atoms with E-state index in [2.05, 4.69) is 52.8 Å².